The highest BCUT2D eigenvalue weighted by Gasteiger charge is 2.48. The number of sulfone groups is 1. The van der Waals surface area contributed by atoms with Crippen LogP contribution in [0.3, 0.4) is 0 Å². The Morgan fingerprint density at radius 3 is 2.17 bits per heavy atom. The fourth-order valence-electron chi connectivity index (χ4n) is 7.91. The monoisotopic (exact) mass is 1040 g/mol. The number of sulfonamides is 1. The lowest BCUT2D eigenvalue weighted by atomic mass is 9.98. The Hall–Kier alpha value is -5.35. The van der Waals surface area contributed by atoms with E-state index in [1.807, 2.05) is 77.5 Å². The number of hydrogen-bond donors (Lipinski definition) is 2. The molecular weight excluding hydrogens is 989 g/mol. The van der Waals surface area contributed by atoms with E-state index >= 15 is 0 Å². The van der Waals surface area contributed by atoms with Crippen molar-refractivity contribution >= 4 is 66.4 Å². The summed E-state index contributed by atoms with van der Waals surface area (Å²) in [6.07, 6.45) is 0.427. The zero-order chi connectivity index (χ0) is 50.1. The maximum atomic E-state index is 14.2. The van der Waals surface area contributed by atoms with Crippen molar-refractivity contribution in [2.45, 2.75) is 39.2 Å². The summed E-state index contributed by atoms with van der Waals surface area (Å²) in [6.45, 7) is 5.86. The van der Waals surface area contributed by atoms with Crippen molar-refractivity contribution in [1.82, 2.24) is 19.4 Å². The number of alkyl halides is 3. The van der Waals surface area contributed by atoms with Gasteiger partial charge in [0, 0.05) is 105 Å². The van der Waals surface area contributed by atoms with Crippen LogP contribution in [0.25, 0.3) is 11.1 Å². The molecule has 2 N–H and O–H groups in total. The van der Waals surface area contributed by atoms with Gasteiger partial charge in [-0.2, -0.15) is 13.2 Å². The number of morpholine rings is 1. The molecule has 374 valence electrons. The average Bonchev–Trinajstić information content (AvgIpc) is 3.35. The lowest BCUT2D eigenvalue weighted by Crippen LogP contribution is -2.46. The molecule has 5 aromatic carbocycles. The number of benzene rings is 5. The van der Waals surface area contributed by atoms with E-state index in [1.54, 1.807) is 26.2 Å². The van der Waals surface area contributed by atoms with Gasteiger partial charge in [0.25, 0.3) is 31.7 Å². The standard InChI is InChI=1S/C49H54ClF3N6O8S3/c1-56(2)47(60)33-67-45-10-6-9-42(35-11-15-37(50)16-12-35)43(45)32-58-23-25-59(26-24-58)39-17-13-36(14-18-39)48(61)55-70(64,65)41-19-20-44(46(31-41)69(62,63)49(51,52)53)54-38(21-22-57-27-29-66-30-28-57)34-68-40-7-4-3-5-8-40/h3-20,31,38,54H,21-30,32-34H2,1-2H3,(H,55,61)/t38-/m1/s1. The maximum absolute atomic E-state index is 14.2. The fraction of sp³-hybridized carbons (Fsp3) is 0.347. The van der Waals surface area contributed by atoms with Gasteiger partial charge in [-0.25, -0.2) is 21.6 Å². The first-order valence-corrected chi connectivity index (χ1v) is 26.8. The zero-order valence-electron chi connectivity index (χ0n) is 38.5. The van der Waals surface area contributed by atoms with Crippen molar-refractivity contribution in [3.8, 4) is 16.9 Å². The minimum atomic E-state index is -6.08. The molecular formula is C49H54ClF3N6O8S3. The van der Waals surface area contributed by atoms with Gasteiger partial charge in [-0.15, -0.1) is 11.8 Å². The fourth-order valence-corrected chi connectivity index (χ4v) is 11.1. The molecule has 2 amide bonds. The molecule has 0 spiro atoms. The first kappa shape index (κ1) is 52.5. The van der Waals surface area contributed by atoms with Crippen LogP contribution >= 0.6 is 23.4 Å². The van der Waals surface area contributed by atoms with Crippen LogP contribution in [0.5, 0.6) is 5.75 Å². The summed E-state index contributed by atoms with van der Waals surface area (Å²) in [7, 11) is -7.63. The third kappa shape index (κ3) is 13.5. The highest BCUT2D eigenvalue weighted by Crippen LogP contribution is 2.37. The number of halogens is 4. The normalized spacial score (nSPS) is 15.5. The molecule has 0 aromatic heterocycles. The highest BCUT2D eigenvalue weighted by atomic mass is 35.5. The summed E-state index contributed by atoms with van der Waals surface area (Å²) in [5.41, 5.74) is -2.67. The second-order valence-corrected chi connectivity index (χ2v) is 22.0. The molecule has 14 nitrogen and oxygen atoms in total. The second-order valence-electron chi connectivity index (χ2n) is 16.9. The molecule has 0 aliphatic carbocycles. The molecule has 0 radical (unpaired) electrons. The molecule has 0 bridgehead atoms. The molecule has 2 heterocycles. The number of anilines is 2. The number of likely N-dealkylation sites (N-methyl/N-ethyl adjacent to an activating group) is 1. The van der Waals surface area contributed by atoms with Crippen molar-refractivity contribution in [2.75, 3.05) is 95.7 Å². The van der Waals surface area contributed by atoms with E-state index in [2.05, 4.69) is 20.0 Å². The molecule has 0 unspecified atom stereocenters. The largest absolute Gasteiger partial charge is 0.501 e. The molecule has 1 atom stereocenters. The summed E-state index contributed by atoms with van der Waals surface area (Å²) in [5.74, 6) is -0.297. The van der Waals surface area contributed by atoms with Gasteiger partial charge in [0.2, 0.25) is 0 Å². The van der Waals surface area contributed by atoms with E-state index in [4.69, 9.17) is 21.1 Å². The summed E-state index contributed by atoms with van der Waals surface area (Å²) in [6, 6.07) is 30.6. The predicted octanol–water partition coefficient (Wildman–Crippen LogP) is 7.50. The SMILES string of the molecule is CN(C)C(=O)COc1cccc(-c2ccc(Cl)cc2)c1CN1CCN(c2ccc(C(=O)NS(=O)(=O)c3ccc(N[C@H](CCN4CCOCC4)CSc4ccccc4)c(S(=O)(=O)C(F)(F)F)c3)cc2)CC1. The van der Waals surface area contributed by atoms with Crippen LogP contribution in [0, 0.1) is 0 Å². The molecule has 5 aromatic rings. The molecule has 2 fully saturated rings. The predicted molar refractivity (Wildman–Crippen MR) is 266 cm³/mol. The summed E-state index contributed by atoms with van der Waals surface area (Å²) >= 11 is 7.62. The Balaban J connectivity index is 1.02. The number of amides is 2. The van der Waals surface area contributed by atoms with Gasteiger partial charge in [0.05, 0.1) is 23.8 Å². The van der Waals surface area contributed by atoms with Crippen LogP contribution in [0.15, 0.2) is 130 Å². The van der Waals surface area contributed by atoms with Crippen molar-refractivity contribution in [3.63, 3.8) is 0 Å². The smallest absolute Gasteiger partial charge is 0.483 e. The maximum Gasteiger partial charge on any atom is 0.501 e. The number of hydrogen-bond acceptors (Lipinski definition) is 13. The average molecular weight is 1040 g/mol. The molecule has 2 aliphatic heterocycles. The number of ether oxygens (including phenoxy) is 2. The van der Waals surface area contributed by atoms with Gasteiger partial charge in [0.1, 0.15) is 10.6 Å². The topological polar surface area (TPSA) is 158 Å². The Labute approximate surface area is 416 Å². The Bertz CT molecular complexity index is 2810. The van der Waals surface area contributed by atoms with Crippen molar-refractivity contribution in [3.05, 3.63) is 131 Å². The number of thioether (sulfide) groups is 1. The van der Waals surface area contributed by atoms with Crippen LogP contribution in [-0.4, -0.2) is 140 Å². The molecule has 2 aliphatic rings. The van der Waals surface area contributed by atoms with Crippen molar-refractivity contribution < 1.29 is 49.1 Å². The first-order valence-electron chi connectivity index (χ1n) is 22.4. The minimum Gasteiger partial charge on any atom is -0.483 e. The van der Waals surface area contributed by atoms with E-state index in [9.17, 15) is 39.6 Å². The number of carbonyl (C=O) groups excluding carboxylic acids is 2. The first-order chi connectivity index (χ1) is 33.4. The van der Waals surface area contributed by atoms with Gasteiger partial charge in [0.15, 0.2) is 6.61 Å². The van der Waals surface area contributed by atoms with Gasteiger partial charge in [-0.1, -0.05) is 54.1 Å². The number of carbonyl (C=O) groups is 2. The summed E-state index contributed by atoms with van der Waals surface area (Å²) < 4.78 is 109. The molecule has 2 saturated heterocycles. The van der Waals surface area contributed by atoms with E-state index in [0.29, 0.717) is 94.6 Å². The minimum absolute atomic E-state index is 0.0505. The van der Waals surface area contributed by atoms with Crippen LogP contribution in [0.1, 0.15) is 22.3 Å². The van der Waals surface area contributed by atoms with Crippen molar-refractivity contribution in [2.24, 2.45) is 0 Å². The summed E-state index contributed by atoms with van der Waals surface area (Å²) in [4.78, 5) is 32.6. The van der Waals surface area contributed by atoms with Crippen LogP contribution in [-0.2, 0) is 35.9 Å². The number of nitrogens with one attached hydrogen (secondary N) is 2. The van der Waals surface area contributed by atoms with E-state index in [1.165, 1.54) is 28.8 Å². The van der Waals surface area contributed by atoms with Gasteiger partial charge in [-0.05, 0) is 90.3 Å². The lowest BCUT2D eigenvalue weighted by Gasteiger charge is -2.36. The Morgan fingerprint density at radius 2 is 1.51 bits per heavy atom. The lowest BCUT2D eigenvalue weighted by molar-refractivity contribution is -0.130. The van der Waals surface area contributed by atoms with Crippen LogP contribution in [0.2, 0.25) is 5.02 Å². The molecule has 70 heavy (non-hydrogen) atoms. The molecule has 21 heteroatoms. The third-order valence-electron chi connectivity index (χ3n) is 11.9. The van der Waals surface area contributed by atoms with Crippen molar-refractivity contribution in [1.29, 1.82) is 0 Å². The van der Waals surface area contributed by atoms with E-state index in [0.717, 1.165) is 39.4 Å². The summed E-state index contributed by atoms with van der Waals surface area (Å²) in [5, 5.41) is 3.59. The van der Waals surface area contributed by atoms with Gasteiger partial charge < -0.3 is 24.6 Å². The molecule has 0 saturated carbocycles. The molecule has 7 rings (SSSR count). The van der Waals surface area contributed by atoms with Gasteiger partial charge in [-0.3, -0.25) is 19.4 Å². The number of piperazine rings is 1. The van der Waals surface area contributed by atoms with E-state index in [-0.39, 0.29) is 18.1 Å². The highest BCUT2D eigenvalue weighted by molar-refractivity contribution is 7.99. The van der Waals surface area contributed by atoms with Crippen LogP contribution in [0.4, 0.5) is 24.5 Å². The Kier molecular flexibility index (Phi) is 17.4. The Morgan fingerprint density at radius 1 is 0.829 bits per heavy atom. The zero-order valence-corrected chi connectivity index (χ0v) is 41.7. The quantitative estimate of drug-likeness (QED) is 0.0785. The number of rotatable bonds is 19. The van der Waals surface area contributed by atoms with E-state index < -0.39 is 52.8 Å². The second kappa shape index (κ2) is 23.3. The van der Waals surface area contributed by atoms with Gasteiger partial charge >= 0.3 is 5.51 Å². The van der Waals surface area contributed by atoms with Crippen LogP contribution < -0.4 is 19.7 Å². The number of nitrogens with zero attached hydrogens (tertiary/aromatic N) is 4. The third-order valence-corrected chi connectivity index (χ3v) is 16.2.